The van der Waals surface area contributed by atoms with Crippen molar-refractivity contribution in [1.29, 1.82) is 10.5 Å². The number of allylic oxidation sites excluding steroid dienone is 3. The first kappa shape index (κ1) is 29.5. The molecule has 2 aromatic rings. The maximum Gasteiger partial charge on any atom is 0.413 e. The third kappa shape index (κ3) is 6.16. The Morgan fingerprint density at radius 1 is 1.20 bits per heavy atom. The van der Waals surface area contributed by atoms with Crippen molar-refractivity contribution in [3.63, 3.8) is 0 Å². The van der Waals surface area contributed by atoms with E-state index in [1.165, 1.54) is 12.4 Å². The van der Waals surface area contributed by atoms with Gasteiger partial charge in [0.2, 0.25) is 0 Å². The van der Waals surface area contributed by atoms with E-state index >= 15 is 0 Å². The van der Waals surface area contributed by atoms with Crippen molar-refractivity contribution in [1.82, 2.24) is 21.0 Å². The Balaban J connectivity index is 1.78. The molecule has 1 aromatic heterocycles. The molecule has 0 saturated heterocycles. The number of alkyl halides is 3. The third-order valence-corrected chi connectivity index (χ3v) is 6.92. The van der Waals surface area contributed by atoms with Crippen molar-refractivity contribution < 1.29 is 13.2 Å². The molecule has 0 bridgehead atoms. The number of hydrogen-bond donors (Lipinski definition) is 4. The Bertz CT molecular complexity index is 1510. The van der Waals surface area contributed by atoms with Gasteiger partial charge in [-0.25, -0.2) is 0 Å². The monoisotopic (exact) mass is 562 g/mol. The van der Waals surface area contributed by atoms with Gasteiger partial charge in [0.15, 0.2) is 5.54 Å². The van der Waals surface area contributed by atoms with Crippen molar-refractivity contribution in [2.75, 3.05) is 17.2 Å². The lowest BCUT2D eigenvalue weighted by atomic mass is 9.96. The van der Waals surface area contributed by atoms with Gasteiger partial charge in [0.1, 0.15) is 12.1 Å². The van der Waals surface area contributed by atoms with E-state index in [1.54, 1.807) is 24.3 Å². The summed E-state index contributed by atoms with van der Waals surface area (Å²) in [5.41, 5.74) is 6.58. The molecule has 0 unspecified atom stereocenters. The molecule has 1 aliphatic carbocycles. The van der Waals surface area contributed by atoms with E-state index in [0.29, 0.717) is 45.7 Å². The highest BCUT2D eigenvalue weighted by atomic mass is 19.4. The minimum absolute atomic E-state index is 0.00995. The first-order valence-electron chi connectivity index (χ1n) is 13.2. The Kier molecular flexibility index (Phi) is 8.05. The number of nitrogens with one attached hydrogen (secondary N) is 4. The van der Waals surface area contributed by atoms with Gasteiger partial charge in [-0.3, -0.25) is 9.99 Å². The average molecular weight is 563 g/mol. The van der Waals surface area contributed by atoms with E-state index in [2.05, 4.69) is 66.1 Å². The van der Waals surface area contributed by atoms with E-state index in [1.807, 2.05) is 19.1 Å². The van der Waals surface area contributed by atoms with Crippen LogP contribution >= 0.6 is 0 Å². The molecule has 4 rings (SSSR count). The summed E-state index contributed by atoms with van der Waals surface area (Å²) in [6, 6.07) is 7.08. The molecule has 4 N–H and O–H groups in total. The normalized spacial score (nSPS) is 17.2. The highest BCUT2D eigenvalue weighted by Gasteiger charge is 2.67. The lowest BCUT2D eigenvalue weighted by Crippen LogP contribution is -2.52. The van der Waals surface area contributed by atoms with Crippen LogP contribution in [-0.2, 0) is 0 Å². The van der Waals surface area contributed by atoms with Crippen LogP contribution in [0.2, 0.25) is 0 Å². The number of benzene rings is 1. The quantitative estimate of drug-likeness (QED) is 0.269. The number of anilines is 2. The topological polar surface area (TPSA) is 112 Å². The van der Waals surface area contributed by atoms with Crippen molar-refractivity contribution >= 4 is 22.3 Å². The van der Waals surface area contributed by atoms with Crippen LogP contribution in [0.3, 0.4) is 0 Å². The van der Waals surface area contributed by atoms with Gasteiger partial charge in [0.25, 0.3) is 0 Å². The van der Waals surface area contributed by atoms with Crippen molar-refractivity contribution in [3.8, 4) is 12.1 Å². The molecule has 0 amide bonds. The molecular weight excluding hydrogens is 529 g/mol. The molecule has 8 nitrogen and oxygen atoms in total. The highest BCUT2D eigenvalue weighted by Crippen LogP contribution is 2.53. The van der Waals surface area contributed by atoms with Gasteiger partial charge in [0.05, 0.1) is 34.1 Å². The number of hydrazine groups is 2. The number of fused-ring (bicyclic) bond motifs is 1. The fraction of sp³-hybridized carbons (Fsp3) is 0.367. The van der Waals surface area contributed by atoms with E-state index in [0.717, 1.165) is 5.01 Å². The Morgan fingerprint density at radius 2 is 1.90 bits per heavy atom. The maximum atomic E-state index is 13.8. The van der Waals surface area contributed by atoms with Crippen molar-refractivity contribution in [2.24, 2.45) is 5.41 Å². The summed E-state index contributed by atoms with van der Waals surface area (Å²) in [4.78, 5) is 4.38. The zero-order valence-electron chi connectivity index (χ0n) is 23.4. The molecule has 0 spiro atoms. The molecule has 1 fully saturated rings. The summed E-state index contributed by atoms with van der Waals surface area (Å²) in [5, 5.41) is 28.1. The fourth-order valence-corrected chi connectivity index (χ4v) is 4.51. The summed E-state index contributed by atoms with van der Waals surface area (Å²) in [7, 11) is 0. The number of nitrogens with zero attached hydrogens (tertiary/aromatic N) is 4. The average Bonchev–Trinajstić information content (AvgIpc) is 3.60. The summed E-state index contributed by atoms with van der Waals surface area (Å²) >= 11 is 0. The highest BCUT2D eigenvalue weighted by molar-refractivity contribution is 5.99. The van der Waals surface area contributed by atoms with Gasteiger partial charge in [-0.1, -0.05) is 51.7 Å². The molecule has 1 atom stereocenters. The fourth-order valence-electron chi connectivity index (χ4n) is 4.51. The largest absolute Gasteiger partial charge is 0.413 e. The van der Waals surface area contributed by atoms with Crippen LogP contribution in [0.5, 0.6) is 0 Å². The van der Waals surface area contributed by atoms with Crippen LogP contribution in [0.4, 0.5) is 24.5 Å². The molecule has 2 aliphatic rings. The summed E-state index contributed by atoms with van der Waals surface area (Å²) in [6.07, 6.45) is 5.64. The minimum Gasteiger partial charge on any atom is -0.383 e. The van der Waals surface area contributed by atoms with Crippen LogP contribution in [0.15, 0.2) is 66.7 Å². The molecule has 11 heteroatoms. The molecule has 1 saturated carbocycles. The lowest BCUT2D eigenvalue weighted by Gasteiger charge is -2.28. The predicted octanol–water partition coefficient (Wildman–Crippen LogP) is 6.17. The first-order chi connectivity index (χ1) is 19.3. The van der Waals surface area contributed by atoms with Crippen LogP contribution in [0.1, 0.15) is 51.7 Å². The van der Waals surface area contributed by atoms with E-state index < -0.39 is 17.8 Å². The zero-order chi connectivity index (χ0) is 30.0. The Labute approximate surface area is 237 Å². The standard InChI is InChI=1S/C30H33F3N8/c1-6-7-8-9-19(2)25(24-17-41(40-39-24)29(10-11-29)30(31,32)33)38-22-12-20(14-34)26-23(13-22)27(21(15-35)16-36-26)37-18-28(3,4)5/h6-9,12-13,16-17,25,38-40H,2,10-11,18H2,1,3-5H3,(H,36,37)/b7-6-,9-8-/t25-/m0/s1. The number of halogens is 3. The van der Waals surface area contributed by atoms with Gasteiger partial charge in [-0.05, 0) is 42.9 Å². The van der Waals surface area contributed by atoms with Gasteiger partial charge in [-0.15, -0.1) is 5.53 Å². The van der Waals surface area contributed by atoms with Crippen LogP contribution < -0.4 is 21.6 Å². The summed E-state index contributed by atoms with van der Waals surface area (Å²) < 4.78 is 41.4. The molecule has 1 aromatic carbocycles. The SMILES string of the molecule is C=C(/C=C\C=C/C)[C@H](Nc1cc(C#N)c2ncc(C#N)c(NCC(C)(C)C)c2c1)C1=CN(C2(C(F)(F)F)CC2)NN1. The number of nitriles is 2. The zero-order valence-corrected chi connectivity index (χ0v) is 23.4. The van der Waals surface area contributed by atoms with Gasteiger partial charge in [0, 0.05) is 30.0 Å². The van der Waals surface area contributed by atoms with E-state index in [-0.39, 0.29) is 23.8 Å². The summed E-state index contributed by atoms with van der Waals surface area (Å²) in [6.45, 7) is 12.8. The number of aromatic nitrogens is 1. The van der Waals surface area contributed by atoms with Crippen molar-refractivity contribution in [2.45, 2.75) is 58.3 Å². The van der Waals surface area contributed by atoms with Crippen LogP contribution in [-0.4, -0.2) is 34.3 Å². The van der Waals surface area contributed by atoms with Crippen molar-refractivity contribution in [3.05, 3.63) is 77.8 Å². The number of rotatable bonds is 9. The molecular formula is C30H33F3N8. The lowest BCUT2D eigenvalue weighted by molar-refractivity contribution is -0.195. The molecule has 0 radical (unpaired) electrons. The molecule has 214 valence electrons. The second kappa shape index (κ2) is 11.2. The smallest absolute Gasteiger partial charge is 0.383 e. The molecule has 1 aliphatic heterocycles. The second-order valence-corrected chi connectivity index (χ2v) is 11.4. The van der Waals surface area contributed by atoms with Crippen LogP contribution in [0, 0.1) is 28.1 Å². The second-order valence-electron chi connectivity index (χ2n) is 11.4. The van der Waals surface area contributed by atoms with E-state index in [4.69, 9.17) is 0 Å². The third-order valence-electron chi connectivity index (χ3n) is 6.92. The van der Waals surface area contributed by atoms with Gasteiger partial charge < -0.3 is 16.1 Å². The molecule has 2 heterocycles. The maximum absolute atomic E-state index is 13.8. The van der Waals surface area contributed by atoms with Gasteiger partial charge >= 0.3 is 6.18 Å². The minimum atomic E-state index is -4.40. The van der Waals surface area contributed by atoms with Gasteiger partial charge in [-0.2, -0.15) is 23.7 Å². The Hall–Kier alpha value is -4.48. The van der Waals surface area contributed by atoms with Crippen LogP contribution in [0.25, 0.3) is 10.9 Å². The number of pyridine rings is 1. The summed E-state index contributed by atoms with van der Waals surface area (Å²) in [5.74, 6) is 0. The van der Waals surface area contributed by atoms with E-state index in [9.17, 15) is 23.7 Å². The molecule has 41 heavy (non-hydrogen) atoms. The first-order valence-corrected chi connectivity index (χ1v) is 13.2. The number of hydrogen-bond acceptors (Lipinski definition) is 8. The Morgan fingerprint density at radius 3 is 2.49 bits per heavy atom. The predicted molar refractivity (Wildman–Crippen MR) is 154 cm³/mol.